The van der Waals surface area contributed by atoms with Gasteiger partial charge in [0.15, 0.2) is 11.5 Å². The maximum Gasteiger partial charge on any atom is 0.169 e. The van der Waals surface area contributed by atoms with Crippen LogP contribution in [0.15, 0.2) is 42.9 Å². The van der Waals surface area contributed by atoms with E-state index < -0.39 is 0 Å². The number of nitrogens with zero attached hydrogens (tertiary/aromatic N) is 4. The minimum absolute atomic E-state index is 0.616. The summed E-state index contributed by atoms with van der Waals surface area (Å²) in [4.78, 5) is 4.04. The van der Waals surface area contributed by atoms with E-state index in [-0.39, 0.29) is 0 Å². The van der Waals surface area contributed by atoms with Crippen LogP contribution in [-0.2, 0) is 0 Å². The van der Waals surface area contributed by atoms with E-state index in [0.717, 1.165) is 17.0 Å². The van der Waals surface area contributed by atoms with Crippen molar-refractivity contribution in [1.82, 2.24) is 19.6 Å². The second kappa shape index (κ2) is 3.30. The number of hydrogen-bond acceptors (Lipinski definition) is 4. The lowest BCUT2D eigenvalue weighted by molar-refractivity contribution is 1.11. The van der Waals surface area contributed by atoms with Crippen LogP contribution < -0.4 is 5.73 Å². The van der Waals surface area contributed by atoms with Gasteiger partial charge in [0.05, 0.1) is 5.69 Å². The zero-order valence-electron chi connectivity index (χ0n) is 8.41. The van der Waals surface area contributed by atoms with Crippen LogP contribution in [0.1, 0.15) is 0 Å². The van der Waals surface area contributed by atoms with Crippen molar-refractivity contribution in [1.29, 1.82) is 0 Å². The lowest BCUT2D eigenvalue weighted by atomic mass is 10.2. The molecule has 0 bridgehead atoms. The van der Waals surface area contributed by atoms with E-state index in [2.05, 4.69) is 15.2 Å². The molecule has 0 aliphatic heterocycles. The average Bonchev–Trinajstić information content (AvgIpc) is 2.72. The van der Waals surface area contributed by atoms with Crippen LogP contribution in [-0.4, -0.2) is 19.6 Å². The first-order chi connectivity index (χ1) is 7.84. The van der Waals surface area contributed by atoms with Gasteiger partial charge in [-0.25, -0.2) is 0 Å². The van der Waals surface area contributed by atoms with Gasteiger partial charge in [0.25, 0.3) is 0 Å². The second-order valence-electron chi connectivity index (χ2n) is 3.46. The Morgan fingerprint density at radius 2 is 2.06 bits per heavy atom. The summed E-state index contributed by atoms with van der Waals surface area (Å²) < 4.78 is 1.90. The number of rotatable bonds is 1. The average molecular weight is 211 g/mol. The molecule has 0 saturated carbocycles. The van der Waals surface area contributed by atoms with Crippen molar-refractivity contribution in [2.24, 2.45) is 0 Å². The first-order valence-corrected chi connectivity index (χ1v) is 4.85. The molecule has 0 aliphatic carbocycles. The molecule has 0 atom stereocenters. The van der Waals surface area contributed by atoms with E-state index in [4.69, 9.17) is 5.73 Å². The van der Waals surface area contributed by atoms with Gasteiger partial charge in [0.2, 0.25) is 0 Å². The maximum absolute atomic E-state index is 5.69. The summed E-state index contributed by atoms with van der Waals surface area (Å²) in [6.45, 7) is 0. The van der Waals surface area contributed by atoms with Gasteiger partial charge in [-0.15, -0.1) is 10.2 Å². The van der Waals surface area contributed by atoms with Gasteiger partial charge in [-0.1, -0.05) is 6.07 Å². The zero-order chi connectivity index (χ0) is 11.0. The lowest BCUT2D eigenvalue weighted by Gasteiger charge is -1.99. The highest BCUT2D eigenvalue weighted by Crippen LogP contribution is 2.18. The third-order valence-electron chi connectivity index (χ3n) is 2.33. The van der Waals surface area contributed by atoms with E-state index in [1.54, 1.807) is 12.4 Å². The van der Waals surface area contributed by atoms with Gasteiger partial charge in [0, 0.05) is 24.2 Å². The minimum Gasteiger partial charge on any atom is -0.397 e. The number of hydrogen-bond donors (Lipinski definition) is 1. The Morgan fingerprint density at radius 1 is 1.12 bits per heavy atom. The van der Waals surface area contributed by atoms with E-state index >= 15 is 0 Å². The number of nitrogen functional groups attached to an aromatic ring is 1. The molecule has 0 amide bonds. The molecule has 3 aromatic heterocycles. The Bertz CT molecular complexity index is 643. The number of anilines is 1. The number of nitrogens with two attached hydrogens (primary N) is 1. The first-order valence-electron chi connectivity index (χ1n) is 4.85. The zero-order valence-corrected chi connectivity index (χ0v) is 8.41. The second-order valence-corrected chi connectivity index (χ2v) is 3.46. The number of aromatic nitrogens is 4. The third-order valence-corrected chi connectivity index (χ3v) is 2.33. The molecule has 0 aliphatic rings. The van der Waals surface area contributed by atoms with Crippen LogP contribution >= 0.6 is 0 Å². The van der Waals surface area contributed by atoms with Gasteiger partial charge < -0.3 is 5.73 Å². The van der Waals surface area contributed by atoms with Gasteiger partial charge in [0.1, 0.15) is 0 Å². The SMILES string of the molecule is Nc1cncc(-c2nnc3ccccn23)c1. The van der Waals surface area contributed by atoms with Crippen molar-refractivity contribution in [3.05, 3.63) is 42.9 Å². The van der Waals surface area contributed by atoms with Crippen molar-refractivity contribution in [3.8, 4) is 11.4 Å². The molecule has 0 saturated heterocycles. The minimum atomic E-state index is 0.616. The third kappa shape index (κ3) is 1.30. The van der Waals surface area contributed by atoms with Crippen molar-refractivity contribution < 1.29 is 0 Å². The Labute approximate surface area is 91.6 Å². The van der Waals surface area contributed by atoms with E-state index in [0.29, 0.717) is 5.69 Å². The summed E-state index contributed by atoms with van der Waals surface area (Å²) in [5.41, 5.74) is 7.97. The molecule has 5 heteroatoms. The van der Waals surface area contributed by atoms with Gasteiger partial charge in [-0.3, -0.25) is 9.38 Å². The largest absolute Gasteiger partial charge is 0.397 e. The molecular formula is C11H9N5. The van der Waals surface area contributed by atoms with Crippen LogP contribution in [0.3, 0.4) is 0 Å². The summed E-state index contributed by atoms with van der Waals surface area (Å²) in [6, 6.07) is 7.58. The fourth-order valence-corrected chi connectivity index (χ4v) is 1.62. The Hall–Kier alpha value is -2.43. The summed E-state index contributed by atoms with van der Waals surface area (Å²) in [7, 11) is 0. The normalized spacial score (nSPS) is 10.8. The molecule has 0 spiro atoms. The van der Waals surface area contributed by atoms with Crippen molar-refractivity contribution >= 4 is 11.3 Å². The fourth-order valence-electron chi connectivity index (χ4n) is 1.62. The topological polar surface area (TPSA) is 69.1 Å². The maximum atomic E-state index is 5.69. The van der Waals surface area contributed by atoms with Crippen LogP contribution in [0.5, 0.6) is 0 Å². The van der Waals surface area contributed by atoms with Gasteiger partial charge in [-0.05, 0) is 18.2 Å². The predicted octanol–water partition coefficient (Wildman–Crippen LogP) is 1.37. The molecule has 0 radical (unpaired) electrons. The van der Waals surface area contributed by atoms with Crippen molar-refractivity contribution in [2.45, 2.75) is 0 Å². The first kappa shape index (κ1) is 8.84. The summed E-state index contributed by atoms with van der Waals surface area (Å²) in [5, 5.41) is 8.19. The monoisotopic (exact) mass is 211 g/mol. The van der Waals surface area contributed by atoms with Crippen LogP contribution in [0, 0.1) is 0 Å². The fraction of sp³-hybridized carbons (Fsp3) is 0. The molecule has 3 rings (SSSR count). The molecule has 3 heterocycles. The van der Waals surface area contributed by atoms with Gasteiger partial charge >= 0.3 is 0 Å². The van der Waals surface area contributed by atoms with E-state index in [9.17, 15) is 0 Å². The standard InChI is InChI=1S/C11H9N5/c12-9-5-8(6-13-7-9)11-15-14-10-3-1-2-4-16(10)11/h1-7H,12H2. The molecule has 3 aromatic rings. The molecular weight excluding hydrogens is 202 g/mol. The molecule has 2 N–H and O–H groups in total. The molecule has 0 aromatic carbocycles. The number of pyridine rings is 2. The molecule has 0 unspecified atom stereocenters. The molecule has 5 nitrogen and oxygen atoms in total. The summed E-state index contributed by atoms with van der Waals surface area (Å²) in [6.07, 6.45) is 5.24. The smallest absolute Gasteiger partial charge is 0.169 e. The van der Waals surface area contributed by atoms with Gasteiger partial charge in [-0.2, -0.15) is 0 Å². The molecule has 0 fully saturated rings. The Balaban J connectivity index is 2.26. The Kier molecular flexibility index (Phi) is 1.83. The lowest BCUT2D eigenvalue weighted by Crippen LogP contribution is -1.92. The Morgan fingerprint density at radius 3 is 2.94 bits per heavy atom. The molecule has 16 heavy (non-hydrogen) atoms. The highest BCUT2D eigenvalue weighted by atomic mass is 15.2. The summed E-state index contributed by atoms with van der Waals surface area (Å²) >= 11 is 0. The highest BCUT2D eigenvalue weighted by molar-refractivity contribution is 5.62. The van der Waals surface area contributed by atoms with E-state index in [1.807, 2.05) is 34.9 Å². The highest BCUT2D eigenvalue weighted by Gasteiger charge is 2.07. The summed E-state index contributed by atoms with van der Waals surface area (Å²) in [5.74, 6) is 0.746. The van der Waals surface area contributed by atoms with Crippen molar-refractivity contribution in [3.63, 3.8) is 0 Å². The molecule has 78 valence electrons. The van der Waals surface area contributed by atoms with Crippen LogP contribution in [0.25, 0.3) is 17.0 Å². The quantitative estimate of drug-likeness (QED) is 0.660. The van der Waals surface area contributed by atoms with Crippen molar-refractivity contribution in [2.75, 3.05) is 5.73 Å². The predicted molar refractivity (Wildman–Crippen MR) is 60.6 cm³/mol. The van der Waals surface area contributed by atoms with E-state index in [1.165, 1.54) is 0 Å². The van der Waals surface area contributed by atoms with Crippen LogP contribution in [0.4, 0.5) is 5.69 Å². The van der Waals surface area contributed by atoms with Crippen LogP contribution in [0.2, 0.25) is 0 Å². The number of fused-ring (bicyclic) bond motifs is 1.